The number of carboxylic acids is 1. The van der Waals surface area contributed by atoms with Gasteiger partial charge in [-0.3, -0.25) is 9.59 Å². The summed E-state index contributed by atoms with van der Waals surface area (Å²) >= 11 is 0. The minimum atomic E-state index is -0.748. The molecule has 0 aromatic heterocycles. The first-order valence-electron chi connectivity index (χ1n) is 11.6. The number of esters is 1. The van der Waals surface area contributed by atoms with E-state index in [9.17, 15) is 14.7 Å². The molecule has 0 heterocycles. The zero-order valence-corrected chi connectivity index (χ0v) is 19.3. The zero-order valence-electron chi connectivity index (χ0n) is 19.3. The maximum absolute atomic E-state index is 12.2. The molecule has 2 aliphatic rings. The summed E-state index contributed by atoms with van der Waals surface area (Å²) in [7, 11) is 0. The topological polar surface area (TPSA) is 83.8 Å². The molecule has 2 aliphatic carbocycles. The molecule has 1 unspecified atom stereocenters. The van der Waals surface area contributed by atoms with Gasteiger partial charge >= 0.3 is 11.9 Å². The van der Waals surface area contributed by atoms with Crippen LogP contribution in [0.2, 0.25) is 0 Å². The maximum Gasteiger partial charge on any atom is 0.308 e. The fourth-order valence-corrected chi connectivity index (χ4v) is 4.73. The van der Waals surface area contributed by atoms with E-state index in [1.165, 1.54) is 5.57 Å². The molecule has 2 N–H and O–H groups in total. The zero-order chi connectivity index (χ0) is 23.0. The summed E-state index contributed by atoms with van der Waals surface area (Å²) in [6, 6.07) is 0. The second-order valence-corrected chi connectivity index (χ2v) is 9.41. The van der Waals surface area contributed by atoms with Gasteiger partial charge in [-0.2, -0.15) is 0 Å². The van der Waals surface area contributed by atoms with E-state index in [1.807, 2.05) is 26.8 Å². The Labute approximate surface area is 186 Å². The van der Waals surface area contributed by atoms with Crippen LogP contribution in [0.1, 0.15) is 72.6 Å². The molecule has 2 rings (SSSR count). The standard InChI is InChI=1S/C26H38O5/c1-5-6-9-18(4)24(31-26(30)17(2)3)13-12-21-22-15-19(10-7-8-11-25(28)29)14-20(22)16-23(21)27/h10,12-13,17-18,20-24,27H,7-9,11,14-16H2,1-4H3,(H,28,29)/b13-12+,19-10+/t18?,20-,21+,22-,23+,24+/m0/s1. The molecule has 5 nitrogen and oxygen atoms in total. The van der Waals surface area contributed by atoms with Crippen LogP contribution in [-0.2, 0) is 14.3 Å². The Hall–Kier alpha value is -2.06. The lowest BCUT2D eigenvalue weighted by Gasteiger charge is -2.23. The van der Waals surface area contributed by atoms with Gasteiger partial charge in [0.05, 0.1) is 12.0 Å². The maximum atomic E-state index is 12.2. The lowest BCUT2D eigenvalue weighted by Crippen LogP contribution is -2.26. The summed E-state index contributed by atoms with van der Waals surface area (Å²) in [5.74, 6) is 5.81. The van der Waals surface area contributed by atoms with Gasteiger partial charge in [0.15, 0.2) is 0 Å². The Morgan fingerprint density at radius 1 is 1.26 bits per heavy atom. The van der Waals surface area contributed by atoms with Crippen LogP contribution in [0.5, 0.6) is 0 Å². The highest BCUT2D eigenvalue weighted by atomic mass is 16.5. The van der Waals surface area contributed by atoms with Crippen LogP contribution >= 0.6 is 0 Å². The molecule has 0 aromatic rings. The smallest absolute Gasteiger partial charge is 0.308 e. The molecule has 0 spiro atoms. The van der Waals surface area contributed by atoms with Gasteiger partial charge in [0, 0.05) is 24.7 Å². The average molecular weight is 431 g/mol. The Morgan fingerprint density at radius 2 is 2.00 bits per heavy atom. The summed E-state index contributed by atoms with van der Waals surface area (Å²) in [6.45, 7) is 7.50. The van der Waals surface area contributed by atoms with Crippen molar-refractivity contribution in [3.8, 4) is 11.8 Å². The van der Waals surface area contributed by atoms with Gasteiger partial charge in [-0.15, -0.1) is 11.8 Å². The Kier molecular flexibility index (Phi) is 9.84. The molecule has 0 radical (unpaired) electrons. The van der Waals surface area contributed by atoms with Crippen LogP contribution < -0.4 is 0 Å². The van der Waals surface area contributed by atoms with Crippen LogP contribution in [0.4, 0.5) is 0 Å². The van der Waals surface area contributed by atoms with Gasteiger partial charge in [-0.25, -0.2) is 0 Å². The van der Waals surface area contributed by atoms with Gasteiger partial charge in [-0.05, 0) is 56.9 Å². The fourth-order valence-electron chi connectivity index (χ4n) is 4.73. The molecular weight excluding hydrogens is 392 g/mol. The van der Waals surface area contributed by atoms with Gasteiger partial charge < -0.3 is 14.9 Å². The average Bonchev–Trinajstić information content (AvgIpc) is 3.22. The van der Waals surface area contributed by atoms with Crippen LogP contribution in [-0.4, -0.2) is 34.4 Å². The van der Waals surface area contributed by atoms with Crippen molar-refractivity contribution >= 4 is 11.9 Å². The van der Waals surface area contributed by atoms with E-state index in [1.54, 1.807) is 6.92 Å². The predicted octanol–water partition coefficient (Wildman–Crippen LogP) is 4.75. The normalized spacial score (nSPS) is 28.4. The number of aliphatic hydroxyl groups excluding tert-OH is 1. The first-order chi connectivity index (χ1) is 14.7. The minimum Gasteiger partial charge on any atom is -0.481 e. The molecular formula is C26H38O5. The largest absolute Gasteiger partial charge is 0.481 e. The SMILES string of the molecule is CC#CCC(C)[C@@H](/C=C/[C@@H]1[C@H]2C/C(=C/CCCC(=O)O)C[C@H]2C[C@H]1O)OC(=O)C(C)C. The summed E-state index contributed by atoms with van der Waals surface area (Å²) in [6.07, 6.45) is 10.6. The molecule has 0 saturated heterocycles. The van der Waals surface area contributed by atoms with Crippen molar-refractivity contribution in [2.24, 2.45) is 29.6 Å². The number of hydrogen-bond acceptors (Lipinski definition) is 4. The van der Waals surface area contributed by atoms with Gasteiger partial charge in [0.1, 0.15) is 6.10 Å². The Bertz CT molecular complexity index is 739. The molecule has 2 fully saturated rings. The first kappa shape index (κ1) is 25.2. The second kappa shape index (κ2) is 12.1. The van der Waals surface area contributed by atoms with Gasteiger partial charge in [0.25, 0.3) is 0 Å². The highest BCUT2D eigenvalue weighted by Crippen LogP contribution is 2.50. The molecule has 6 atom stereocenters. The third-order valence-electron chi connectivity index (χ3n) is 6.55. The number of ether oxygens (including phenoxy) is 1. The van der Waals surface area contributed by atoms with Crippen LogP contribution in [0.3, 0.4) is 0 Å². The lowest BCUT2D eigenvalue weighted by atomic mass is 9.89. The number of rotatable bonds is 10. The summed E-state index contributed by atoms with van der Waals surface area (Å²) < 4.78 is 5.75. The van der Waals surface area contributed by atoms with Crippen molar-refractivity contribution in [1.29, 1.82) is 0 Å². The second-order valence-electron chi connectivity index (χ2n) is 9.41. The Morgan fingerprint density at radius 3 is 2.65 bits per heavy atom. The third kappa shape index (κ3) is 7.54. The van der Waals surface area contributed by atoms with E-state index in [0.29, 0.717) is 24.7 Å². The fraction of sp³-hybridized carbons (Fsp3) is 0.692. The van der Waals surface area contributed by atoms with Crippen LogP contribution in [0, 0.1) is 41.4 Å². The summed E-state index contributed by atoms with van der Waals surface area (Å²) in [5.41, 5.74) is 1.39. The van der Waals surface area contributed by atoms with E-state index in [0.717, 1.165) is 25.7 Å². The molecule has 0 bridgehead atoms. The van der Waals surface area contributed by atoms with Crippen LogP contribution in [0.25, 0.3) is 0 Å². The van der Waals surface area contributed by atoms with Crippen molar-refractivity contribution in [1.82, 2.24) is 0 Å². The van der Waals surface area contributed by atoms with Gasteiger partial charge in [-0.1, -0.05) is 38.5 Å². The first-order valence-corrected chi connectivity index (χ1v) is 11.6. The quantitative estimate of drug-likeness (QED) is 0.226. The monoisotopic (exact) mass is 430 g/mol. The molecule has 0 aliphatic heterocycles. The lowest BCUT2D eigenvalue weighted by molar-refractivity contribution is -0.152. The number of aliphatic hydroxyl groups is 1. The number of hydrogen-bond donors (Lipinski definition) is 2. The number of aliphatic carboxylic acids is 1. The van der Waals surface area contributed by atoms with Gasteiger partial charge in [0.2, 0.25) is 0 Å². The van der Waals surface area contributed by atoms with Crippen molar-refractivity contribution in [2.45, 2.75) is 84.8 Å². The number of allylic oxidation sites excluding steroid dienone is 2. The summed E-state index contributed by atoms with van der Waals surface area (Å²) in [5, 5.41) is 19.4. The number of fused-ring (bicyclic) bond motifs is 1. The molecule has 172 valence electrons. The molecule has 0 amide bonds. The number of carbonyl (C=O) groups is 2. The number of unbranched alkanes of at least 4 members (excludes halogenated alkanes) is 1. The van der Waals surface area contributed by atoms with E-state index in [-0.39, 0.29) is 42.4 Å². The highest BCUT2D eigenvalue weighted by Gasteiger charge is 2.45. The Balaban J connectivity index is 2.04. The van der Waals surface area contributed by atoms with E-state index in [4.69, 9.17) is 9.84 Å². The predicted molar refractivity (Wildman–Crippen MR) is 121 cm³/mol. The third-order valence-corrected chi connectivity index (χ3v) is 6.55. The van der Waals surface area contributed by atoms with Crippen molar-refractivity contribution in [3.05, 3.63) is 23.8 Å². The van der Waals surface area contributed by atoms with E-state index < -0.39 is 5.97 Å². The molecule has 0 aromatic carbocycles. The number of carboxylic acid groups (broad SMARTS) is 1. The van der Waals surface area contributed by atoms with E-state index in [2.05, 4.69) is 24.0 Å². The summed E-state index contributed by atoms with van der Waals surface area (Å²) in [4.78, 5) is 22.9. The molecule has 5 heteroatoms. The number of carbonyl (C=O) groups excluding carboxylic acids is 1. The molecule has 31 heavy (non-hydrogen) atoms. The minimum absolute atomic E-state index is 0.0552. The van der Waals surface area contributed by atoms with Crippen molar-refractivity contribution < 1.29 is 24.5 Å². The van der Waals surface area contributed by atoms with E-state index >= 15 is 0 Å². The van der Waals surface area contributed by atoms with Crippen molar-refractivity contribution in [2.75, 3.05) is 0 Å². The van der Waals surface area contributed by atoms with Crippen LogP contribution in [0.15, 0.2) is 23.8 Å². The molecule has 2 saturated carbocycles. The van der Waals surface area contributed by atoms with Crippen molar-refractivity contribution in [3.63, 3.8) is 0 Å². The highest BCUT2D eigenvalue weighted by molar-refractivity contribution is 5.71.